The number of rotatable bonds is 7. The normalized spacial score (nSPS) is 10.4. The molecule has 1 amide bonds. The summed E-state index contributed by atoms with van der Waals surface area (Å²) in [5.74, 6) is -0.457. The molecule has 1 aromatic carbocycles. The Morgan fingerprint density at radius 2 is 2.11 bits per heavy atom. The van der Waals surface area contributed by atoms with Crippen LogP contribution in [0.3, 0.4) is 0 Å². The average molecular weight is 273 g/mol. The maximum atomic E-state index is 12.9. The van der Waals surface area contributed by atoms with E-state index >= 15 is 0 Å². The lowest BCUT2D eigenvalue weighted by molar-refractivity contribution is -0.121. The van der Waals surface area contributed by atoms with E-state index in [4.69, 9.17) is 17.3 Å². The number of hydrogen-bond acceptors (Lipinski definition) is 2. The van der Waals surface area contributed by atoms with E-state index in [9.17, 15) is 9.18 Å². The van der Waals surface area contributed by atoms with Gasteiger partial charge >= 0.3 is 0 Å². The van der Waals surface area contributed by atoms with E-state index in [2.05, 4.69) is 5.32 Å². The molecule has 0 aliphatic heterocycles. The van der Waals surface area contributed by atoms with Gasteiger partial charge in [-0.2, -0.15) is 0 Å². The van der Waals surface area contributed by atoms with E-state index in [0.717, 1.165) is 24.8 Å². The second-order valence-electron chi connectivity index (χ2n) is 4.12. The van der Waals surface area contributed by atoms with Crippen LogP contribution < -0.4 is 11.1 Å². The van der Waals surface area contributed by atoms with Crippen LogP contribution in [-0.2, 0) is 11.3 Å². The fraction of sp³-hybridized carbons (Fsp3) is 0.462. The summed E-state index contributed by atoms with van der Waals surface area (Å²) in [5.41, 5.74) is 6.15. The van der Waals surface area contributed by atoms with Crippen LogP contribution in [0, 0.1) is 5.82 Å². The predicted molar refractivity (Wildman–Crippen MR) is 70.8 cm³/mol. The fourth-order valence-corrected chi connectivity index (χ4v) is 1.75. The van der Waals surface area contributed by atoms with Crippen LogP contribution in [0.15, 0.2) is 18.2 Å². The van der Waals surface area contributed by atoms with Crippen LogP contribution in [-0.4, -0.2) is 12.5 Å². The summed E-state index contributed by atoms with van der Waals surface area (Å²) in [6.07, 6.45) is 3.25. The third-order valence-corrected chi connectivity index (χ3v) is 2.87. The van der Waals surface area contributed by atoms with Gasteiger partial charge in [0.2, 0.25) is 5.91 Å². The van der Waals surface area contributed by atoms with Gasteiger partial charge < -0.3 is 11.1 Å². The van der Waals surface area contributed by atoms with Crippen molar-refractivity contribution in [1.82, 2.24) is 5.32 Å². The summed E-state index contributed by atoms with van der Waals surface area (Å²) in [6, 6.07) is 4.42. The maximum Gasteiger partial charge on any atom is 0.220 e. The smallest absolute Gasteiger partial charge is 0.220 e. The van der Waals surface area contributed by atoms with Crippen molar-refractivity contribution in [2.45, 2.75) is 32.2 Å². The van der Waals surface area contributed by atoms with E-state index in [-0.39, 0.29) is 10.9 Å². The molecule has 0 heterocycles. The quantitative estimate of drug-likeness (QED) is 0.750. The van der Waals surface area contributed by atoms with Crippen LogP contribution >= 0.6 is 11.6 Å². The summed E-state index contributed by atoms with van der Waals surface area (Å²) in [5, 5.41) is 2.85. The van der Waals surface area contributed by atoms with Crippen molar-refractivity contribution in [2.24, 2.45) is 5.73 Å². The van der Waals surface area contributed by atoms with Crippen molar-refractivity contribution >= 4 is 17.5 Å². The molecule has 5 heteroatoms. The largest absolute Gasteiger partial charge is 0.352 e. The van der Waals surface area contributed by atoms with Crippen molar-refractivity contribution in [3.05, 3.63) is 34.6 Å². The minimum atomic E-state index is -0.450. The molecule has 100 valence electrons. The number of unbranched alkanes of at least 4 members (excludes halogenated alkanes) is 2. The van der Waals surface area contributed by atoms with Gasteiger partial charge in [-0.05, 0) is 37.1 Å². The molecule has 0 aliphatic carbocycles. The molecule has 0 aliphatic rings. The highest BCUT2D eigenvalue weighted by Crippen LogP contribution is 2.15. The summed E-state index contributed by atoms with van der Waals surface area (Å²) >= 11 is 5.65. The Morgan fingerprint density at radius 1 is 1.33 bits per heavy atom. The van der Waals surface area contributed by atoms with E-state index in [1.807, 2.05) is 0 Å². The molecule has 0 saturated carbocycles. The highest BCUT2D eigenvalue weighted by atomic mass is 35.5. The van der Waals surface area contributed by atoms with Crippen LogP contribution in [0.5, 0.6) is 0 Å². The molecular formula is C13H18ClFN2O. The fourth-order valence-electron chi connectivity index (χ4n) is 1.55. The van der Waals surface area contributed by atoms with Crippen molar-refractivity contribution in [3.63, 3.8) is 0 Å². The van der Waals surface area contributed by atoms with Crippen LogP contribution in [0.1, 0.15) is 31.2 Å². The third-order valence-electron chi connectivity index (χ3n) is 2.58. The van der Waals surface area contributed by atoms with E-state index < -0.39 is 5.82 Å². The van der Waals surface area contributed by atoms with Crippen molar-refractivity contribution in [2.75, 3.05) is 6.54 Å². The topological polar surface area (TPSA) is 55.1 Å². The predicted octanol–water partition coefficient (Wildman–Crippen LogP) is 2.61. The zero-order chi connectivity index (χ0) is 13.4. The number of carbonyl (C=O) groups is 1. The van der Waals surface area contributed by atoms with Gasteiger partial charge in [0.1, 0.15) is 5.82 Å². The number of halogens is 2. The maximum absolute atomic E-state index is 12.9. The zero-order valence-corrected chi connectivity index (χ0v) is 11.0. The highest BCUT2D eigenvalue weighted by Gasteiger charge is 2.03. The molecule has 0 radical (unpaired) electrons. The SMILES string of the molecule is NCCCCCC(=O)NCc1ccc(F)c(Cl)c1. The molecule has 0 atom stereocenters. The van der Waals surface area contributed by atoms with Crippen molar-refractivity contribution in [1.29, 1.82) is 0 Å². The first-order valence-corrected chi connectivity index (χ1v) is 6.42. The minimum Gasteiger partial charge on any atom is -0.352 e. The summed E-state index contributed by atoms with van der Waals surface area (Å²) in [4.78, 5) is 11.5. The Kier molecular flexibility index (Phi) is 6.68. The van der Waals surface area contributed by atoms with E-state index in [1.165, 1.54) is 12.1 Å². The van der Waals surface area contributed by atoms with Crippen molar-refractivity contribution in [3.8, 4) is 0 Å². The van der Waals surface area contributed by atoms with Crippen LogP contribution in [0.4, 0.5) is 4.39 Å². The first-order chi connectivity index (χ1) is 8.63. The van der Waals surface area contributed by atoms with Gasteiger partial charge in [0.25, 0.3) is 0 Å². The molecule has 0 bridgehead atoms. The van der Waals surface area contributed by atoms with Gasteiger partial charge in [0.15, 0.2) is 0 Å². The number of carbonyl (C=O) groups excluding carboxylic acids is 1. The average Bonchev–Trinajstić information content (AvgIpc) is 2.36. The summed E-state index contributed by atoms with van der Waals surface area (Å²) in [6.45, 7) is 1.03. The molecule has 0 unspecified atom stereocenters. The van der Waals surface area contributed by atoms with Gasteiger partial charge in [-0.25, -0.2) is 4.39 Å². The van der Waals surface area contributed by atoms with Crippen LogP contribution in [0.2, 0.25) is 5.02 Å². The van der Waals surface area contributed by atoms with Gasteiger partial charge in [0, 0.05) is 13.0 Å². The number of amides is 1. The second-order valence-corrected chi connectivity index (χ2v) is 4.53. The number of benzene rings is 1. The molecular weight excluding hydrogens is 255 g/mol. The van der Waals surface area contributed by atoms with E-state index in [1.54, 1.807) is 6.07 Å². The molecule has 3 nitrogen and oxygen atoms in total. The first-order valence-electron chi connectivity index (χ1n) is 6.04. The standard InChI is InChI=1S/C13H18ClFN2O/c14-11-8-10(5-6-12(11)15)9-17-13(18)4-2-1-3-7-16/h5-6,8H,1-4,7,9,16H2,(H,17,18). The van der Waals surface area contributed by atoms with Crippen molar-refractivity contribution < 1.29 is 9.18 Å². The molecule has 0 saturated heterocycles. The Hall–Kier alpha value is -1.13. The molecule has 0 fully saturated rings. The molecule has 1 rings (SSSR count). The van der Waals surface area contributed by atoms with Gasteiger partial charge in [-0.1, -0.05) is 24.1 Å². The Balaban J connectivity index is 2.27. The molecule has 0 aromatic heterocycles. The lowest BCUT2D eigenvalue weighted by Gasteiger charge is -2.06. The monoisotopic (exact) mass is 272 g/mol. The van der Waals surface area contributed by atoms with Gasteiger partial charge in [-0.15, -0.1) is 0 Å². The zero-order valence-electron chi connectivity index (χ0n) is 10.2. The first kappa shape index (κ1) is 14.9. The number of nitrogens with one attached hydrogen (secondary N) is 1. The summed E-state index contributed by atoms with van der Waals surface area (Å²) in [7, 11) is 0. The summed E-state index contributed by atoms with van der Waals surface area (Å²) < 4.78 is 12.9. The van der Waals surface area contributed by atoms with Gasteiger partial charge in [0.05, 0.1) is 5.02 Å². The Morgan fingerprint density at radius 3 is 2.78 bits per heavy atom. The van der Waals surface area contributed by atoms with Crippen LogP contribution in [0.25, 0.3) is 0 Å². The van der Waals surface area contributed by atoms with Gasteiger partial charge in [-0.3, -0.25) is 4.79 Å². The number of hydrogen-bond donors (Lipinski definition) is 2. The lowest BCUT2D eigenvalue weighted by Crippen LogP contribution is -2.22. The minimum absolute atomic E-state index is 0.00697. The molecule has 0 spiro atoms. The highest BCUT2D eigenvalue weighted by molar-refractivity contribution is 6.30. The molecule has 18 heavy (non-hydrogen) atoms. The molecule has 3 N–H and O–H groups in total. The number of nitrogens with two attached hydrogens (primary N) is 1. The Bertz CT molecular complexity index is 399. The third kappa shape index (κ3) is 5.47. The molecule has 1 aromatic rings. The lowest BCUT2D eigenvalue weighted by atomic mass is 10.2. The van der Waals surface area contributed by atoms with E-state index in [0.29, 0.717) is 19.5 Å². The Labute approximate surface area is 112 Å². The second kappa shape index (κ2) is 8.06.